The van der Waals surface area contributed by atoms with Crippen LogP contribution in [-0.2, 0) is 17.6 Å². The molecule has 0 unspecified atom stereocenters. The van der Waals surface area contributed by atoms with E-state index >= 15 is 0 Å². The Morgan fingerprint density at radius 1 is 1.27 bits per heavy atom. The second kappa shape index (κ2) is 7.35. The number of nitrogens with zero attached hydrogens (tertiary/aromatic N) is 2. The molecule has 2 heterocycles. The van der Waals surface area contributed by atoms with Crippen LogP contribution in [0.15, 0.2) is 23.2 Å². The monoisotopic (exact) mass is 423 g/mol. The van der Waals surface area contributed by atoms with E-state index in [-0.39, 0.29) is 11.7 Å². The molecular weight excluding hydrogens is 409 g/mol. The lowest BCUT2D eigenvalue weighted by Crippen LogP contribution is -2.14. The Hall–Kier alpha value is -1.34. The van der Waals surface area contributed by atoms with Crippen LogP contribution in [0.1, 0.15) is 22.7 Å². The van der Waals surface area contributed by atoms with Gasteiger partial charge in [0.15, 0.2) is 0 Å². The van der Waals surface area contributed by atoms with Crippen LogP contribution in [0.5, 0.6) is 0 Å². The van der Waals surface area contributed by atoms with Crippen molar-refractivity contribution in [2.45, 2.75) is 31.2 Å². The molecule has 1 amide bonds. The Morgan fingerprint density at radius 2 is 2.12 bits per heavy atom. The van der Waals surface area contributed by atoms with Crippen LogP contribution in [0.3, 0.4) is 0 Å². The van der Waals surface area contributed by atoms with Crippen LogP contribution in [0.4, 0.5) is 5.69 Å². The Bertz CT molecular complexity index is 1020. The summed E-state index contributed by atoms with van der Waals surface area (Å²) in [6.45, 7) is 1.89. The molecule has 1 aliphatic rings. The van der Waals surface area contributed by atoms with Crippen LogP contribution in [-0.4, -0.2) is 21.6 Å². The SMILES string of the molecule is Cc1nc(SCC(=O)Nc2ccc(Cl)c(Cl)c2)c2c3c(sc2n1)CCC3. The molecule has 4 nitrogen and oxygen atoms in total. The Morgan fingerprint density at radius 3 is 2.92 bits per heavy atom. The van der Waals surface area contributed by atoms with Gasteiger partial charge in [0.2, 0.25) is 5.91 Å². The predicted octanol–water partition coefficient (Wildman–Crippen LogP) is 5.53. The summed E-state index contributed by atoms with van der Waals surface area (Å²) >= 11 is 15.1. The highest BCUT2D eigenvalue weighted by atomic mass is 35.5. The molecule has 2 aromatic heterocycles. The highest BCUT2D eigenvalue weighted by Gasteiger charge is 2.22. The number of aromatic nitrogens is 2. The molecule has 1 aliphatic carbocycles. The van der Waals surface area contributed by atoms with Crippen molar-refractivity contribution in [1.82, 2.24) is 9.97 Å². The summed E-state index contributed by atoms with van der Waals surface area (Å²) in [4.78, 5) is 24.0. The van der Waals surface area contributed by atoms with Crippen LogP contribution in [0.25, 0.3) is 10.2 Å². The molecule has 0 radical (unpaired) electrons. The number of aryl methyl sites for hydroxylation is 3. The van der Waals surface area contributed by atoms with Gasteiger partial charge in [-0.25, -0.2) is 9.97 Å². The first-order valence-corrected chi connectivity index (χ1v) is 10.7. The summed E-state index contributed by atoms with van der Waals surface area (Å²) in [5.41, 5.74) is 2.00. The quantitative estimate of drug-likeness (QED) is 0.442. The topological polar surface area (TPSA) is 54.9 Å². The van der Waals surface area contributed by atoms with Crippen LogP contribution < -0.4 is 5.32 Å². The number of nitrogens with one attached hydrogen (secondary N) is 1. The Kier molecular flexibility index (Phi) is 5.10. The number of fused-ring (bicyclic) bond motifs is 3. The van der Waals surface area contributed by atoms with E-state index in [9.17, 15) is 4.79 Å². The van der Waals surface area contributed by atoms with Gasteiger partial charge in [-0.3, -0.25) is 4.79 Å². The van der Waals surface area contributed by atoms with Gasteiger partial charge in [-0.2, -0.15) is 0 Å². The van der Waals surface area contributed by atoms with Crippen molar-refractivity contribution in [1.29, 1.82) is 0 Å². The van der Waals surface area contributed by atoms with Crippen LogP contribution in [0.2, 0.25) is 10.0 Å². The lowest BCUT2D eigenvalue weighted by molar-refractivity contribution is -0.113. The summed E-state index contributed by atoms with van der Waals surface area (Å²) in [6.07, 6.45) is 3.38. The summed E-state index contributed by atoms with van der Waals surface area (Å²) in [5, 5.41) is 5.76. The number of anilines is 1. The van der Waals surface area contributed by atoms with E-state index in [2.05, 4.69) is 15.3 Å². The van der Waals surface area contributed by atoms with E-state index in [0.717, 1.165) is 33.9 Å². The van der Waals surface area contributed by atoms with Crippen molar-refractivity contribution in [3.63, 3.8) is 0 Å². The third kappa shape index (κ3) is 3.56. The Balaban J connectivity index is 1.52. The number of carbonyl (C=O) groups excluding carboxylic acids is 1. The molecule has 0 fully saturated rings. The molecule has 4 rings (SSSR count). The number of hydrogen-bond acceptors (Lipinski definition) is 5. The first-order valence-electron chi connectivity index (χ1n) is 8.18. The van der Waals surface area contributed by atoms with E-state index in [4.69, 9.17) is 23.2 Å². The van der Waals surface area contributed by atoms with Crippen molar-refractivity contribution >= 4 is 68.1 Å². The first kappa shape index (κ1) is 18.0. The lowest BCUT2D eigenvalue weighted by atomic mass is 10.2. The van der Waals surface area contributed by atoms with Gasteiger partial charge in [-0.1, -0.05) is 35.0 Å². The van der Waals surface area contributed by atoms with Gasteiger partial charge in [0.05, 0.1) is 15.8 Å². The summed E-state index contributed by atoms with van der Waals surface area (Å²) in [5.74, 6) is 0.908. The largest absolute Gasteiger partial charge is 0.325 e. The van der Waals surface area contributed by atoms with Gasteiger partial charge in [0.25, 0.3) is 0 Å². The van der Waals surface area contributed by atoms with Crippen molar-refractivity contribution in [2.24, 2.45) is 0 Å². The Labute approximate surface area is 169 Å². The zero-order valence-corrected chi connectivity index (χ0v) is 17.1. The van der Waals surface area contributed by atoms with Crippen molar-refractivity contribution < 1.29 is 4.79 Å². The van der Waals surface area contributed by atoms with Gasteiger partial charge >= 0.3 is 0 Å². The molecule has 0 saturated heterocycles. The number of thiophene rings is 1. The van der Waals surface area contributed by atoms with E-state index in [1.165, 1.54) is 28.6 Å². The third-order valence-electron chi connectivity index (χ3n) is 4.19. The normalized spacial score (nSPS) is 13.2. The van der Waals surface area contributed by atoms with E-state index < -0.39 is 0 Å². The standard InChI is InChI=1S/C18H15Cl2N3OS2/c1-9-21-17(16-11-3-2-4-14(11)26-18(16)22-9)25-8-15(24)23-10-5-6-12(19)13(20)7-10/h5-7H,2-4,8H2,1H3,(H,23,24). The second-order valence-corrected chi connectivity index (χ2v) is 8.94. The summed E-state index contributed by atoms with van der Waals surface area (Å²) in [7, 11) is 0. The fourth-order valence-electron chi connectivity index (χ4n) is 3.07. The van der Waals surface area contributed by atoms with E-state index in [1.807, 2.05) is 6.92 Å². The number of amides is 1. The minimum absolute atomic E-state index is 0.107. The molecule has 0 bridgehead atoms. The zero-order valence-electron chi connectivity index (χ0n) is 13.9. The molecule has 134 valence electrons. The average Bonchev–Trinajstić information content (AvgIpc) is 3.16. The number of rotatable bonds is 4. The average molecular weight is 424 g/mol. The molecule has 0 atom stereocenters. The maximum Gasteiger partial charge on any atom is 0.234 e. The minimum Gasteiger partial charge on any atom is -0.325 e. The zero-order chi connectivity index (χ0) is 18.3. The number of halogens is 2. The second-order valence-electron chi connectivity index (χ2n) is 6.08. The smallest absolute Gasteiger partial charge is 0.234 e. The summed E-state index contributed by atoms with van der Waals surface area (Å²) < 4.78 is 0. The molecule has 3 aromatic rings. The predicted molar refractivity (Wildman–Crippen MR) is 110 cm³/mol. The minimum atomic E-state index is -0.107. The highest BCUT2D eigenvalue weighted by Crippen LogP contribution is 2.40. The molecule has 0 saturated carbocycles. The molecule has 0 spiro atoms. The van der Waals surface area contributed by atoms with Crippen molar-refractivity contribution in [3.05, 3.63) is 44.5 Å². The van der Waals surface area contributed by atoms with Gasteiger partial charge < -0.3 is 5.32 Å². The van der Waals surface area contributed by atoms with Crippen LogP contribution >= 0.6 is 46.3 Å². The molecule has 1 N–H and O–H groups in total. The molecule has 0 aliphatic heterocycles. The number of carbonyl (C=O) groups is 1. The van der Waals surface area contributed by atoms with Gasteiger partial charge in [-0.05, 0) is 49.9 Å². The maximum absolute atomic E-state index is 12.3. The first-order chi connectivity index (χ1) is 12.5. The van der Waals surface area contributed by atoms with Crippen LogP contribution in [0, 0.1) is 6.92 Å². The molecular formula is C18H15Cl2N3OS2. The third-order valence-corrected chi connectivity index (χ3v) is 7.09. The highest BCUT2D eigenvalue weighted by molar-refractivity contribution is 8.00. The van der Waals surface area contributed by atoms with Gasteiger partial charge in [0.1, 0.15) is 15.7 Å². The van der Waals surface area contributed by atoms with Gasteiger partial charge in [-0.15, -0.1) is 11.3 Å². The number of benzene rings is 1. The fourth-order valence-corrected chi connectivity index (χ4v) is 5.64. The molecule has 8 heteroatoms. The number of thioether (sulfide) groups is 1. The molecule has 1 aromatic carbocycles. The maximum atomic E-state index is 12.3. The van der Waals surface area contributed by atoms with Crippen molar-refractivity contribution in [3.8, 4) is 0 Å². The summed E-state index contributed by atoms with van der Waals surface area (Å²) in [6, 6.07) is 5.04. The fraction of sp³-hybridized carbons (Fsp3) is 0.278. The number of hydrogen-bond donors (Lipinski definition) is 1. The lowest BCUT2D eigenvalue weighted by Gasteiger charge is -2.08. The molecule has 26 heavy (non-hydrogen) atoms. The van der Waals surface area contributed by atoms with Gasteiger partial charge in [0, 0.05) is 16.0 Å². The van der Waals surface area contributed by atoms with E-state index in [0.29, 0.717) is 15.7 Å². The van der Waals surface area contributed by atoms with Crippen molar-refractivity contribution in [2.75, 3.05) is 11.1 Å². The van der Waals surface area contributed by atoms with E-state index in [1.54, 1.807) is 29.5 Å².